The first-order valence-corrected chi connectivity index (χ1v) is 4.30. The highest BCUT2D eigenvalue weighted by molar-refractivity contribution is 4.86. The molecule has 0 radical (unpaired) electrons. The second kappa shape index (κ2) is 3.71. The first-order chi connectivity index (χ1) is 6.34. The highest BCUT2D eigenvalue weighted by atomic mass is 16.5. The van der Waals surface area contributed by atoms with E-state index < -0.39 is 0 Å². The van der Waals surface area contributed by atoms with Gasteiger partial charge in [0.15, 0.2) is 0 Å². The fourth-order valence-electron chi connectivity index (χ4n) is 1.37. The molecule has 0 amide bonds. The first-order valence-electron chi connectivity index (χ1n) is 4.30. The monoisotopic (exact) mass is 184 g/mol. The van der Waals surface area contributed by atoms with Crippen molar-refractivity contribution in [3.63, 3.8) is 0 Å². The minimum atomic E-state index is -0.265. The van der Waals surface area contributed by atoms with Crippen molar-refractivity contribution in [2.24, 2.45) is 0 Å². The summed E-state index contributed by atoms with van der Waals surface area (Å²) in [7, 11) is 0. The lowest BCUT2D eigenvalue weighted by Gasteiger charge is -2.22. The van der Waals surface area contributed by atoms with Crippen molar-refractivity contribution in [1.29, 1.82) is 0 Å². The van der Waals surface area contributed by atoms with Gasteiger partial charge in [-0.1, -0.05) is 0 Å². The lowest BCUT2D eigenvalue weighted by molar-refractivity contribution is 0.0281. The van der Waals surface area contributed by atoms with Crippen LogP contribution >= 0.6 is 0 Å². The normalized spacial score (nSPS) is 23.2. The highest BCUT2D eigenvalue weighted by Gasteiger charge is 2.15. The Morgan fingerprint density at radius 2 is 2.54 bits per heavy atom. The summed E-state index contributed by atoms with van der Waals surface area (Å²) in [6.07, 6.45) is 0.763. The van der Waals surface area contributed by atoms with Crippen molar-refractivity contribution in [2.75, 3.05) is 19.7 Å². The number of hydrogen-bond acceptors (Lipinski definition) is 4. The molecule has 0 aliphatic carbocycles. The third kappa shape index (κ3) is 2.16. The fourth-order valence-corrected chi connectivity index (χ4v) is 1.37. The average molecular weight is 184 g/mol. The number of H-pyrrole nitrogens is 2. The molecule has 3 N–H and O–H groups in total. The first kappa shape index (κ1) is 8.46. The molecular weight excluding hydrogens is 172 g/mol. The maximum atomic E-state index is 10.7. The number of rotatable bonds is 2. The molecule has 13 heavy (non-hydrogen) atoms. The maximum Gasteiger partial charge on any atom is 0.340 e. The Morgan fingerprint density at radius 1 is 1.62 bits per heavy atom. The molecule has 1 aromatic heterocycles. The molecule has 6 nitrogen and oxygen atoms in total. The van der Waals surface area contributed by atoms with Crippen LogP contribution in [-0.2, 0) is 11.2 Å². The van der Waals surface area contributed by atoms with Crippen molar-refractivity contribution in [3.8, 4) is 0 Å². The molecule has 1 aromatic rings. The Labute approximate surface area is 74.7 Å². The van der Waals surface area contributed by atoms with Gasteiger partial charge in [0.1, 0.15) is 5.82 Å². The van der Waals surface area contributed by atoms with E-state index in [1.54, 1.807) is 0 Å². The van der Waals surface area contributed by atoms with E-state index >= 15 is 0 Å². The summed E-state index contributed by atoms with van der Waals surface area (Å²) in [6, 6.07) is 0. The molecule has 1 aliphatic rings. The Bertz CT molecular complexity index is 312. The lowest BCUT2D eigenvalue weighted by atomic mass is 10.2. The third-order valence-electron chi connectivity index (χ3n) is 1.98. The van der Waals surface area contributed by atoms with E-state index in [1.807, 2.05) is 0 Å². The predicted molar refractivity (Wildman–Crippen MR) is 45.5 cm³/mol. The number of aromatic amines is 2. The molecule has 1 saturated heterocycles. The van der Waals surface area contributed by atoms with Gasteiger partial charge in [-0.05, 0) is 0 Å². The van der Waals surface area contributed by atoms with E-state index in [0.29, 0.717) is 12.2 Å². The van der Waals surface area contributed by atoms with Crippen LogP contribution in [0, 0.1) is 0 Å². The quantitative estimate of drug-likeness (QED) is 0.529. The van der Waals surface area contributed by atoms with Gasteiger partial charge in [-0.25, -0.2) is 9.89 Å². The molecule has 0 aromatic carbocycles. The third-order valence-corrected chi connectivity index (χ3v) is 1.98. The van der Waals surface area contributed by atoms with Gasteiger partial charge in [0.2, 0.25) is 0 Å². The summed E-state index contributed by atoms with van der Waals surface area (Å²) < 4.78 is 5.45. The van der Waals surface area contributed by atoms with Gasteiger partial charge in [0.05, 0.1) is 12.7 Å². The van der Waals surface area contributed by atoms with Gasteiger partial charge in [-0.15, -0.1) is 0 Å². The Hall–Kier alpha value is -1.14. The number of aromatic nitrogens is 3. The molecule has 1 unspecified atom stereocenters. The summed E-state index contributed by atoms with van der Waals surface area (Å²) in [4.78, 5) is 13.3. The second-order valence-electron chi connectivity index (χ2n) is 3.03. The molecule has 2 heterocycles. The summed E-state index contributed by atoms with van der Waals surface area (Å²) in [5.74, 6) is 0.652. The molecule has 1 atom stereocenters. The SMILES string of the molecule is O=c1[nH]nc(CC2CNCCO2)[nH]1. The van der Waals surface area contributed by atoms with Crippen LogP contribution in [0.15, 0.2) is 4.79 Å². The minimum absolute atomic E-state index is 0.118. The van der Waals surface area contributed by atoms with Crippen LogP contribution in [-0.4, -0.2) is 41.0 Å². The number of nitrogens with zero attached hydrogens (tertiary/aromatic N) is 1. The highest BCUT2D eigenvalue weighted by Crippen LogP contribution is 2.01. The van der Waals surface area contributed by atoms with Crippen molar-refractivity contribution in [2.45, 2.75) is 12.5 Å². The zero-order valence-electron chi connectivity index (χ0n) is 7.17. The average Bonchev–Trinajstić information content (AvgIpc) is 2.53. The van der Waals surface area contributed by atoms with Crippen LogP contribution in [0.3, 0.4) is 0 Å². The number of hydrogen-bond donors (Lipinski definition) is 3. The van der Waals surface area contributed by atoms with Gasteiger partial charge in [-0.2, -0.15) is 5.10 Å². The molecule has 72 valence electrons. The second-order valence-corrected chi connectivity index (χ2v) is 3.03. The van der Waals surface area contributed by atoms with Crippen molar-refractivity contribution < 1.29 is 4.74 Å². The predicted octanol–water partition coefficient (Wildman–Crippen LogP) is -1.37. The maximum absolute atomic E-state index is 10.7. The molecule has 1 fully saturated rings. The van der Waals surface area contributed by atoms with Crippen LogP contribution in [0.4, 0.5) is 0 Å². The zero-order valence-corrected chi connectivity index (χ0v) is 7.17. The van der Waals surface area contributed by atoms with E-state index in [9.17, 15) is 4.79 Å². The van der Waals surface area contributed by atoms with Gasteiger partial charge >= 0.3 is 5.69 Å². The van der Waals surface area contributed by atoms with Gasteiger partial charge in [0.25, 0.3) is 0 Å². The lowest BCUT2D eigenvalue weighted by Crippen LogP contribution is -2.39. The van der Waals surface area contributed by atoms with Crippen molar-refractivity contribution >= 4 is 0 Å². The molecule has 2 rings (SSSR count). The number of nitrogens with one attached hydrogen (secondary N) is 3. The van der Waals surface area contributed by atoms with Crippen LogP contribution in [0.5, 0.6) is 0 Å². The molecule has 1 aliphatic heterocycles. The number of ether oxygens (including phenoxy) is 1. The van der Waals surface area contributed by atoms with E-state index in [2.05, 4.69) is 20.5 Å². The molecule has 0 spiro atoms. The van der Waals surface area contributed by atoms with E-state index in [1.165, 1.54) is 0 Å². The van der Waals surface area contributed by atoms with Crippen LogP contribution in [0.25, 0.3) is 0 Å². The largest absolute Gasteiger partial charge is 0.375 e. The topological polar surface area (TPSA) is 82.8 Å². The van der Waals surface area contributed by atoms with Crippen LogP contribution in [0.1, 0.15) is 5.82 Å². The molecular formula is C7H12N4O2. The summed E-state index contributed by atoms with van der Waals surface area (Å²) in [5, 5.41) is 9.34. The van der Waals surface area contributed by atoms with E-state index in [0.717, 1.165) is 19.7 Å². The van der Waals surface area contributed by atoms with Gasteiger partial charge in [-0.3, -0.25) is 4.98 Å². The molecule has 0 bridgehead atoms. The Morgan fingerprint density at radius 3 is 3.15 bits per heavy atom. The minimum Gasteiger partial charge on any atom is -0.375 e. The van der Waals surface area contributed by atoms with E-state index in [-0.39, 0.29) is 11.8 Å². The van der Waals surface area contributed by atoms with Gasteiger partial charge in [0, 0.05) is 19.5 Å². The standard InChI is InChI=1S/C7H12N4O2/c12-7-9-6(10-11-7)3-5-4-8-1-2-13-5/h5,8H,1-4H2,(H2,9,10,11,12). The van der Waals surface area contributed by atoms with Crippen LogP contribution in [0.2, 0.25) is 0 Å². The molecule has 6 heteroatoms. The summed E-state index contributed by atoms with van der Waals surface area (Å²) in [5.41, 5.74) is -0.265. The molecule has 0 saturated carbocycles. The van der Waals surface area contributed by atoms with Gasteiger partial charge < -0.3 is 10.1 Å². The van der Waals surface area contributed by atoms with Crippen molar-refractivity contribution in [1.82, 2.24) is 20.5 Å². The fraction of sp³-hybridized carbons (Fsp3) is 0.714. The van der Waals surface area contributed by atoms with Crippen molar-refractivity contribution in [3.05, 3.63) is 16.3 Å². The van der Waals surface area contributed by atoms with Crippen LogP contribution < -0.4 is 11.0 Å². The summed E-state index contributed by atoms with van der Waals surface area (Å²) >= 11 is 0. The summed E-state index contributed by atoms with van der Waals surface area (Å²) in [6.45, 7) is 2.43. The zero-order chi connectivity index (χ0) is 9.10. The Balaban J connectivity index is 1.93. The Kier molecular flexibility index (Phi) is 2.42. The smallest absolute Gasteiger partial charge is 0.340 e. The number of morpholine rings is 1. The van der Waals surface area contributed by atoms with E-state index in [4.69, 9.17) is 4.74 Å².